The summed E-state index contributed by atoms with van der Waals surface area (Å²) in [5.74, 6) is 0. The molecule has 0 amide bonds. The zero-order chi connectivity index (χ0) is 11.6. The third-order valence-electron chi connectivity index (χ3n) is 2.54. The minimum absolute atomic E-state index is 0.0418. The second-order valence-corrected chi connectivity index (χ2v) is 4.23. The summed E-state index contributed by atoms with van der Waals surface area (Å²) in [6.07, 6.45) is -4.36. The third kappa shape index (κ3) is 3.12. The Morgan fingerprint density at radius 2 is 1.73 bits per heavy atom. The minimum atomic E-state index is -1.17. The van der Waals surface area contributed by atoms with Crippen LogP contribution < -0.4 is 0 Å². The van der Waals surface area contributed by atoms with Crippen LogP contribution in [0.4, 0.5) is 0 Å². The first-order valence-corrected chi connectivity index (χ1v) is 5.24. The normalized spacial score (nSPS) is 42.2. The lowest BCUT2D eigenvalue weighted by molar-refractivity contribution is -0.229. The summed E-state index contributed by atoms with van der Waals surface area (Å²) in [5.41, 5.74) is 0. The van der Waals surface area contributed by atoms with Gasteiger partial charge in [0.2, 0.25) is 0 Å². The average molecular weight is 220 g/mol. The van der Waals surface area contributed by atoms with E-state index in [1.807, 2.05) is 13.8 Å². The SMILES string of the molecule is CC(C)OCC1OC(C)C(O)C(O)C1O. The van der Waals surface area contributed by atoms with Crippen LogP contribution in [0.1, 0.15) is 20.8 Å². The Hall–Kier alpha value is -0.200. The molecule has 1 fully saturated rings. The maximum atomic E-state index is 9.62. The molecule has 1 aliphatic heterocycles. The van der Waals surface area contributed by atoms with E-state index in [2.05, 4.69) is 0 Å². The van der Waals surface area contributed by atoms with E-state index in [4.69, 9.17) is 9.47 Å². The van der Waals surface area contributed by atoms with Crippen molar-refractivity contribution in [3.63, 3.8) is 0 Å². The van der Waals surface area contributed by atoms with Gasteiger partial charge in [-0.05, 0) is 20.8 Å². The molecule has 0 aliphatic carbocycles. The highest BCUT2D eigenvalue weighted by atomic mass is 16.6. The molecule has 1 saturated heterocycles. The number of ether oxygens (including phenoxy) is 2. The second-order valence-electron chi connectivity index (χ2n) is 4.23. The molecule has 5 heteroatoms. The molecule has 5 atom stereocenters. The van der Waals surface area contributed by atoms with Gasteiger partial charge in [0.25, 0.3) is 0 Å². The maximum Gasteiger partial charge on any atom is 0.111 e. The fraction of sp³-hybridized carbons (Fsp3) is 1.00. The van der Waals surface area contributed by atoms with Gasteiger partial charge in [0.1, 0.15) is 24.4 Å². The fourth-order valence-electron chi connectivity index (χ4n) is 1.56. The lowest BCUT2D eigenvalue weighted by Crippen LogP contribution is -2.57. The molecular formula is C10H20O5. The van der Waals surface area contributed by atoms with Crippen LogP contribution in [0.15, 0.2) is 0 Å². The number of rotatable bonds is 3. The lowest BCUT2D eigenvalue weighted by Gasteiger charge is -2.39. The van der Waals surface area contributed by atoms with Gasteiger partial charge < -0.3 is 24.8 Å². The van der Waals surface area contributed by atoms with Gasteiger partial charge in [0, 0.05) is 0 Å². The van der Waals surface area contributed by atoms with Gasteiger partial charge in [0.05, 0.1) is 18.8 Å². The summed E-state index contributed by atoms with van der Waals surface area (Å²) in [4.78, 5) is 0. The molecule has 0 aromatic carbocycles. The number of hydrogen-bond donors (Lipinski definition) is 3. The van der Waals surface area contributed by atoms with E-state index in [1.54, 1.807) is 6.92 Å². The lowest BCUT2D eigenvalue weighted by atomic mass is 9.96. The Bertz CT molecular complexity index is 196. The predicted molar refractivity (Wildman–Crippen MR) is 53.4 cm³/mol. The van der Waals surface area contributed by atoms with E-state index >= 15 is 0 Å². The van der Waals surface area contributed by atoms with Gasteiger partial charge >= 0.3 is 0 Å². The van der Waals surface area contributed by atoms with E-state index in [1.165, 1.54) is 0 Å². The molecule has 0 saturated carbocycles. The standard InChI is InChI=1S/C10H20O5/c1-5(2)14-4-7-9(12)10(13)8(11)6(3)15-7/h5-13H,4H2,1-3H3. The van der Waals surface area contributed by atoms with Crippen LogP contribution in [-0.4, -0.2) is 58.6 Å². The average Bonchev–Trinajstić information content (AvgIpc) is 2.18. The van der Waals surface area contributed by atoms with Crippen molar-refractivity contribution < 1.29 is 24.8 Å². The van der Waals surface area contributed by atoms with Crippen molar-refractivity contribution in [3.05, 3.63) is 0 Å². The molecule has 1 aliphatic rings. The Morgan fingerprint density at radius 1 is 1.13 bits per heavy atom. The highest BCUT2D eigenvalue weighted by Crippen LogP contribution is 2.21. The van der Waals surface area contributed by atoms with Gasteiger partial charge in [-0.25, -0.2) is 0 Å². The number of hydrogen-bond acceptors (Lipinski definition) is 5. The molecule has 3 N–H and O–H groups in total. The third-order valence-corrected chi connectivity index (χ3v) is 2.54. The van der Waals surface area contributed by atoms with Crippen molar-refractivity contribution in [3.8, 4) is 0 Å². The van der Waals surface area contributed by atoms with Gasteiger partial charge in [-0.2, -0.15) is 0 Å². The van der Waals surface area contributed by atoms with E-state index in [-0.39, 0.29) is 12.7 Å². The molecule has 0 aromatic rings. The summed E-state index contributed by atoms with van der Waals surface area (Å²) >= 11 is 0. The van der Waals surface area contributed by atoms with Crippen LogP contribution in [0.2, 0.25) is 0 Å². The second kappa shape index (κ2) is 5.23. The Morgan fingerprint density at radius 3 is 2.27 bits per heavy atom. The van der Waals surface area contributed by atoms with Crippen LogP contribution in [0.5, 0.6) is 0 Å². The van der Waals surface area contributed by atoms with Gasteiger partial charge in [0.15, 0.2) is 0 Å². The monoisotopic (exact) mass is 220 g/mol. The first-order valence-electron chi connectivity index (χ1n) is 5.24. The molecule has 15 heavy (non-hydrogen) atoms. The van der Waals surface area contributed by atoms with Gasteiger partial charge in [-0.1, -0.05) is 0 Å². The minimum Gasteiger partial charge on any atom is -0.388 e. The highest BCUT2D eigenvalue weighted by molar-refractivity contribution is 4.90. The Labute approximate surface area is 89.6 Å². The van der Waals surface area contributed by atoms with Crippen molar-refractivity contribution in [2.24, 2.45) is 0 Å². The molecule has 0 radical (unpaired) electrons. The van der Waals surface area contributed by atoms with E-state index < -0.39 is 30.5 Å². The Kier molecular flexibility index (Phi) is 4.48. The summed E-state index contributed by atoms with van der Waals surface area (Å²) in [7, 11) is 0. The molecule has 5 nitrogen and oxygen atoms in total. The zero-order valence-electron chi connectivity index (χ0n) is 9.33. The highest BCUT2D eigenvalue weighted by Gasteiger charge is 2.41. The molecule has 90 valence electrons. The molecule has 5 unspecified atom stereocenters. The number of aliphatic hydroxyl groups excluding tert-OH is 3. The molecule has 0 aromatic heterocycles. The smallest absolute Gasteiger partial charge is 0.111 e. The zero-order valence-corrected chi connectivity index (χ0v) is 9.33. The summed E-state index contributed by atoms with van der Waals surface area (Å²) in [6, 6.07) is 0. The molecule has 1 heterocycles. The van der Waals surface area contributed by atoms with Crippen molar-refractivity contribution in [1.82, 2.24) is 0 Å². The summed E-state index contributed by atoms with van der Waals surface area (Å²) in [6.45, 7) is 5.63. The number of aliphatic hydroxyl groups is 3. The van der Waals surface area contributed by atoms with E-state index in [0.29, 0.717) is 0 Å². The van der Waals surface area contributed by atoms with Crippen LogP contribution in [0.3, 0.4) is 0 Å². The summed E-state index contributed by atoms with van der Waals surface area (Å²) in [5, 5.41) is 28.6. The van der Waals surface area contributed by atoms with Gasteiger partial charge in [-0.15, -0.1) is 0 Å². The van der Waals surface area contributed by atoms with Crippen LogP contribution in [0.25, 0.3) is 0 Å². The van der Waals surface area contributed by atoms with Crippen LogP contribution in [0, 0.1) is 0 Å². The fourth-order valence-corrected chi connectivity index (χ4v) is 1.56. The molecule has 0 bridgehead atoms. The van der Waals surface area contributed by atoms with Crippen LogP contribution in [-0.2, 0) is 9.47 Å². The largest absolute Gasteiger partial charge is 0.388 e. The Balaban J connectivity index is 2.51. The summed E-state index contributed by atoms with van der Waals surface area (Å²) < 4.78 is 10.7. The molecular weight excluding hydrogens is 200 g/mol. The predicted octanol–water partition coefficient (Wildman–Crippen LogP) is -0.719. The van der Waals surface area contributed by atoms with Crippen molar-refractivity contribution in [2.75, 3.05) is 6.61 Å². The maximum absolute atomic E-state index is 9.62. The quantitative estimate of drug-likeness (QED) is 0.585. The molecule has 0 spiro atoms. The van der Waals surface area contributed by atoms with Crippen molar-refractivity contribution >= 4 is 0 Å². The van der Waals surface area contributed by atoms with Crippen molar-refractivity contribution in [1.29, 1.82) is 0 Å². The topological polar surface area (TPSA) is 79.2 Å². The molecule has 1 rings (SSSR count). The first-order chi connectivity index (χ1) is 6.93. The first kappa shape index (κ1) is 12.9. The van der Waals surface area contributed by atoms with E-state index in [0.717, 1.165) is 0 Å². The van der Waals surface area contributed by atoms with E-state index in [9.17, 15) is 15.3 Å². The van der Waals surface area contributed by atoms with Crippen LogP contribution >= 0.6 is 0 Å². The van der Waals surface area contributed by atoms with Crippen molar-refractivity contribution in [2.45, 2.75) is 57.4 Å². The van der Waals surface area contributed by atoms with Gasteiger partial charge in [-0.3, -0.25) is 0 Å².